The summed E-state index contributed by atoms with van der Waals surface area (Å²) in [5.74, 6) is 1.20. The molecule has 2 N–H and O–H groups in total. The summed E-state index contributed by atoms with van der Waals surface area (Å²) in [6.07, 6.45) is 2.06. The minimum absolute atomic E-state index is 0.0619. The van der Waals surface area contributed by atoms with Crippen LogP contribution in [0.5, 0.6) is 5.75 Å². The molecule has 1 heterocycles. The highest BCUT2D eigenvalue weighted by atomic mass is 35.5. The van der Waals surface area contributed by atoms with Gasteiger partial charge in [-0.1, -0.05) is 35.9 Å². The molecule has 0 spiro atoms. The van der Waals surface area contributed by atoms with Gasteiger partial charge in [-0.05, 0) is 61.2 Å². The molecule has 0 saturated carbocycles. The van der Waals surface area contributed by atoms with Crippen LogP contribution in [0.1, 0.15) is 29.2 Å². The molecule has 4 nitrogen and oxygen atoms in total. The molecule has 1 saturated heterocycles. The van der Waals surface area contributed by atoms with E-state index in [1.165, 1.54) is 11.1 Å². The summed E-state index contributed by atoms with van der Waals surface area (Å²) in [6, 6.07) is 16.1. The van der Waals surface area contributed by atoms with Gasteiger partial charge in [0.05, 0.1) is 22.7 Å². The summed E-state index contributed by atoms with van der Waals surface area (Å²) in [4.78, 5) is 2.51. The Morgan fingerprint density at radius 1 is 1.27 bits per heavy atom. The predicted molar refractivity (Wildman–Crippen MR) is 102 cm³/mol. The highest BCUT2D eigenvalue weighted by molar-refractivity contribution is 6.32. The number of hydrogen-bond acceptors (Lipinski definition) is 4. The maximum Gasteiger partial charge on any atom is 0.140 e. The van der Waals surface area contributed by atoms with E-state index >= 15 is 0 Å². The maximum absolute atomic E-state index is 9.03. The summed E-state index contributed by atoms with van der Waals surface area (Å²) >= 11 is 6.36. The molecule has 3 atom stereocenters. The number of likely N-dealkylation sites (tertiary alicyclic amines) is 1. The largest absolute Gasteiger partial charge is 0.482 e. The number of rotatable bonds is 4. The summed E-state index contributed by atoms with van der Waals surface area (Å²) in [6.45, 7) is 2.82. The Morgan fingerprint density at radius 2 is 2.12 bits per heavy atom. The number of hydrogen-bond donors (Lipinski definition) is 1. The smallest absolute Gasteiger partial charge is 0.140 e. The molecule has 2 aromatic carbocycles. The van der Waals surface area contributed by atoms with Crippen molar-refractivity contribution < 1.29 is 4.74 Å². The van der Waals surface area contributed by atoms with Crippen molar-refractivity contribution in [1.29, 1.82) is 5.26 Å². The Hall–Kier alpha value is -2.06. The third-order valence-corrected chi connectivity index (χ3v) is 5.87. The third-order valence-electron chi connectivity index (χ3n) is 5.57. The molecule has 2 aromatic rings. The number of nitrogens with two attached hydrogens (primary N) is 1. The van der Waals surface area contributed by atoms with Crippen molar-refractivity contribution >= 4 is 11.6 Å². The Labute approximate surface area is 159 Å². The van der Waals surface area contributed by atoms with Crippen molar-refractivity contribution in [2.24, 2.45) is 11.7 Å². The molecule has 1 fully saturated rings. The molecule has 0 radical (unpaired) electrons. The van der Waals surface area contributed by atoms with E-state index in [1.54, 1.807) is 18.2 Å². The summed E-state index contributed by atoms with van der Waals surface area (Å²) in [5.41, 5.74) is 8.99. The van der Waals surface area contributed by atoms with E-state index in [9.17, 15) is 0 Å². The van der Waals surface area contributed by atoms with Crippen LogP contribution < -0.4 is 10.5 Å². The zero-order valence-corrected chi connectivity index (χ0v) is 15.3. The number of ether oxygens (including phenoxy) is 1. The lowest BCUT2D eigenvalue weighted by atomic mass is 10.1. The highest BCUT2D eigenvalue weighted by Gasteiger charge is 2.40. The molecule has 1 aliphatic heterocycles. The van der Waals surface area contributed by atoms with Gasteiger partial charge in [-0.15, -0.1) is 0 Å². The summed E-state index contributed by atoms with van der Waals surface area (Å²) in [5, 5.41) is 9.51. The number of halogens is 1. The maximum atomic E-state index is 9.03. The second-order valence-electron chi connectivity index (χ2n) is 7.15. The monoisotopic (exact) mass is 367 g/mol. The normalized spacial score (nSPS) is 25.0. The van der Waals surface area contributed by atoms with E-state index in [0.29, 0.717) is 22.3 Å². The van der Waals surface area contributed by atoms with Crippen LogP contribution in [-0.2, 0) is 6.42 Å². The van der Waals surface area contributed by atoms with Crippen LogP contribution in [0.3, 0.4) is 0 Å². The van der Waals surface area contributed by atoms with E-state index < -0.39 is 0 Å². The molecular formula is C21H22ClN3O. The number of nitrogens with zero attached hydrogens (tertiary/aromatic N) is 2. The van der Waals surface area contributed by atoms with E-state index in [4.69, 9.17) is 27.3 Å². The molecule has 134 valence electrons. The SMILES string of the molecule is N#Cc1ccc(O[C@@H]2c3ccccc3CC2N2CC[C@@H](CN)C2)c(Cl)c1. The van der Waals surface area contributed by atoms with E-state index in [-0.39, 0.29) is 12.1 Å². The fourth-order valence-corrected chi connectivity index (χ4v) is 4.38. The molecule has 0 amide bonds. The standard InChI is InChI=1S/C21H22ClN3O/c22-18-9-14(11-23)5-6-20(18)26-21-17-4-2-1-3-16(17)10-19(21)25-8-7-15(12-24)13-25/h1-6,9,15,19,21H,7-8,10,12-13,24H2/t15-,19?,21+/m0/s1. The molecule has 0 bridgehead atoms. The van der Waals surface area contributed by atoms with Gasteiger partial charge in [0.1, 0.15) is 11.9 Å². The van der Waals surface area contributed by atoms with Gasteiger partial charge >= 0.3 is 0 Å². The van der Waals surface area contributed by atoms with Gasteiger partial charge in [0, 0.05) is 6.54 Å². The van der Waals surface area contributed by atoms with E-state index in [1.807, 2.05) is 0 Å². The van der Waals surface area contributed by atoms with Crippen molar-refractivity contribution in [3.8, 4) is 11.8 Å². The van der Waals surface area contributed by atoms with Crippen molar-refractivity contribution in [1.82, 2.24) is 4.90 Å². The first-order valence-electron chi connectivity index (χ1n) is 9.08. The zero-order valence-electron chi connectivity index (χ0n) is 14.6. The Balaban J connectivity index is 1.63. The van der Waals surface area contributed by atoms with Crippen LogP contribution in [0.2, 0.25) is 5.02 Å². The Kier molecular flexibility index (Phi) is 4.86. The van der Waals surface area contributed by atoms with Crippen LogP contribution in [-0.4, -0.2) is 30.6 Å². The van der Waals surface area contributed by atoms with E-state index in [2.05, 4.69) is 35.2 Å². The lowest BCUT2D eigenvalue weighted by Crippen LogP contribution is -2.39. The Morgan fingerprint density at radius 3 is 2.85 bits per heavy atom. The second kappa shape index (κ2) is 7.28. The number of nitriles is 1. The molecule has 1 aliphatic carbocycles. The lowest BCUT2D eigenvalue weighted by Gasteiger charge is -2.30. The Bertz CT molecular complexity index is 847. The molecule has 26 heavy (non-hydrogen) atoms. The van der Waals surface area contributed by atoms with Gasteiger partial charge in [-0.2, -0.15) is 5.26 Å². The molecular weight excluding hydrogens is 346 g/mol. The molecule has 5 heteroatoms. The quantitative estimate of drug-likeness (QED) is 0.897. The minimum atomic E-state index is -0.0619. The van der Waals surface area contributed by atoms with Crippen LogP contribution in [0.15, 0.2) is 42.5 Å². The average Bonchev–Trinajstić information content (AvgIpc) is 3.28. The van der Waals surface area contributed by atoms with Gasteiger partial charge in [0.15, 0.2) is 0 Å². The molecule has 2 aliphatic rings. The van der Waals surface area contributed by atoms with Gasteiger partial charge in [0.25, 0.3) is 0 Å². The second-order valence-corrected chi connectivity index (χ2v) is 7.56. The van der Waals surface area contributed by atoms with Crippen molar-refractivity contribution in [2.75, 3.05) is 19.6 Å². The van der Waals surface area contributed by atoms with E-state index in [0.717, 1.165) is 32.5 Å². The number of benzene rings is 2. The first kappa shape index (κ1) is 17.4. The topological polar surface area (TPSA) is 62.3 Å². The average molecular weight is 368 g/mol. The molecule has 4 rings (SSSR count). The van der Waals surface area contributed by atoms with Gasteiger partial charge in [0.2, 0.25) is 0 Å². The van der Waals surface area contributed by atoms with Gasteiger partial charge in [-0.25, -0.2) is 0 Å². The lowest BCUT2D eigenvalue weighted by molar-refractivity contribution is 0.0918. The van der Waals surface area contributed by atoms with Gasteiger partial charge in [-0.3, -0.25) is 4.90 Å². The fourth-order valence-electron chi connectivity index (χ4n) is 4.16. The first-order valence-corrected chi connectivity index (χ1v) is 9.45. The van der Waals surface area contributed by atoms with Crippen molar-refractivity contribution in [3.63, 3.8) is 0 Å². The van der Waals surface area contributed by atoms with Crippen molar-refractivity contribution in [2.45, 2.75) is 25.0 Å². The molecule has 1 unspecified atom stereocenters. The zero-order chi connectivity index (χ0) is 18.1. The van der Waals surface area contributed by atoms with Crippen LogP contribution >= 0.6 is 11.6 Å². The minimum Gasteiger partial charge on any atom is -0.482 e. The van der Waals surface area contributed by atoms with Crippen LogP contribution in [0.4, 0.5) is 0 Å². The third kappa shape index (κ3) is 3.19. The van der Waals surface area contributed by atoms with Gasteiger partial charge < -0.3 is 10.5 Å². The number of fused-ring (bicyclic) bond motifs is 1. The summed E-state index contributed by atoms with van der Waals surface area (Å²) < 4.78 is 6.41. The fraction of sp³-hybridized carbons (Fsp3) is 0.381. The molecule has 0 aromatic heterocycles. The van der Waals surface area contributed by atoms with Crippen molar-refractivity contribution in [3.05, 3.63) is 64.2 Å². The summed E-state index contributed by atoms with van der Waals surface area (Å²) in [7, 11) is 0. The first-order chi connectivity index (χ1) is 12.7. The van der Waals surface area contributed by atoms with Crippen LogP contribution in [0.25, 0.3) is 0 Å². The predicted octanol–water partition coefficient (Wildman–Crippen LogP) is 3.54. The van der Waals surface area contributed by atoms with Crippen LogP contribution in [0, 0.1) is 17.2 Å². The highest BCUT2D eigenvalue weighted by Crippen LogP contribution is 2.41.